The van der Waals surface area contributed by atoms with Crippen molar-refractivity contribution in [3.8, 4) is 0 Å². The van der Waals surface area contributed by atoms with Gasteiger partial charge in [-0.1, -0.05) is 0 Å². The third kappa shape index (κ3) is 2.54. The van der Waals surface area contributed by atoms with Crippen LogP contribution in [0, 0.1) is 13.8 Å². The molecule has 1 aromatic heterocycles. The van der Waals surface area contributed by atoms with E-state index in [1.807, 2.05) is 0 Å². The average Bonchev–Trinajstić information content (AvgIpc) is 2.45. The lowest BCUT2D eigenvalue weighted by Gasteiger charge is -2.14. The Hall–Kier alpha value is -2.21. The highest BCUT2D eigenvalue weighted by atomic mass is 35.5. The van der Waals surface area contributed by atoms with E-state index in [1.54, 1.807) is 19.9 Å². The number of aromatic nitrogens is 2. The molecular formula is C14H13ClN2O4. The average molecular weight is 309 g/mol. The summed E-state index contributed by atoms with van der Waals surface area (Å²) >= 11 is 5.88. The van der Waals surface area contributed by atoms with Crippen molar-refractivity contribution in [3.63, 3.8) is 0 Å². The second-order valence-corrected chi connectivity index (χ2v) is 5.02. The van der Waals surface area contributed by atoms with Gasteiger partial charge in [0.2, 0.25) is 0 Å². The number of methoxy groups -OCH3 is 1. The molecule has 6 nitrogen and oxygen atoms in total. The summed E-state index contributed by atoms with van der Waals surface area (Å²) in [6.07, 6.45) is 1.51. The normalized spacial score (nSPS) is 12.2. The van der Waals surface area contributed by atoms with Gasteiger partial charge >= 0.3 is 11.9 Å². The molecule has 7 heteroatoms. The number of carboxylic acids is 1. The molecule has 0 saturated heterocycles. The van der Waals surface area contributed by atoms with Crippen molar-refractivity contribution in [2.24, 2.45) is 0 Å². The van der Waals surface area contributed by atoms with Gasteiger partial charge in [0.15, 0.2) is 5.38 Å². The Morgan fingerprint density at radius 2 is 2.05 bits per heavy atom. The number of alkyl halides is 1. The largest absolute Gasteiger partial charge is 0.480 e. The molecule has 1 heterocycles. The molecule has 1 aromatic carbocycles. The molecule has 1 unspecified atom stereocenters. The lowest BCUT2D eigenvalue weighted by Crippen LogP contribution is -2.12. The van der Waals surface area contributed by atoms with Gasteiger partial charge in [-0.15, -0.1) is 11.6 Å². The summed E-state index contributed by atoms with van der Waals surface area (Å²) in [4.78, 5) is 23.0. The summed E-state index contributed by atoms with van der Waals surface area (Å²) in [5.41, 5.74) is 1.79. The van der Waals surface area contributed by atoms with Gasteiger partial charge in [-0.3, -0.25) is 4.79 Å². The highest BCUT2D eigenvalue weighted by Gasteiger charge is 2.25. The van der Waals surface area contributed by atoms with Crippen LogP contribution in [-0.2, 0) is 9.53 Å². The van der Waals surface area contributed by atoms with Gasteiger partial charge in [-0.2, -0.15) is 10.2 Å². The van der Waals surface area contributed by atoms with Crippen LogP contribution in [0.4, 0.5) is 0 Å². The van der Waals surface area contributed by atoms with Crippen LogP contribution in [0.1, 0.15) is 32.6 Å². The van der Waals surface area contributed by atoms with Gasteiger partial charge in [-0.05, 0) is 31.0 Å². The van der Waals surface area contributed by atoms with E-state index in [0.29, 0.717) is 27.5 Å². The molecule has 0 saturated carbocycles. The Morgan fingerprint density at radius 3 is 2.62 bits per heavy atom. The van der Waals surface area contributed by atoms with Crippen molar-refractivity contribution in [1.29, 1.82) is 0 Å². The fourth-order valence-electron chi connectivity index (χ4n) is 2.37. The molecule has 0 radical (unpaired) electrons. The predicted molar refractivity (Wildman–Crippen MR) is 76.6 cm³/mol. The van der Waals surface area contributed by atoms with E-state index < -0.39 is 17.3 Å². The lowest BCUT2D eigenvalue weighted by molar-refractivity contribution is -0.136. The zero-order valence-electron chi connectivity index (χ0n) is 11.7. The van der Waals surface area contributed by atoms with Crippen molar-refractivity contribution >= 4 is 34.3 Å². The Kier molecular flexibility index (Phi) is 4.09. The van der Waals surface area contributed by atoms with Gasteiger partial charge in [-0.25, -0.2) is 4.79 Å². The highest BCUT2D eigenvalue weighted by molar-refractivity contribution is 6.30. The molecule has 0 amide bonds. The third-order valence-corrected chi connectivity index (χ3v) is 3.66. The number of carbonyl (C=O) groups is 2. The molecule has 0 spiro atoms. The molecule has 21 heavy (non-hydrogen) atoms. The summed E-state index contributed by atoms with van der Waals surface area (Å²) in [6.45, 7) is 3.48. The summed E-state index contributed by atoms with van der Waals surface area (Å²) in [5, 5.41) is 16.5. The minimum absolute atomic E-state index is 0.115. The van der Waals surface area contributed by atoms with Crippen molar-refractivity contribution in [1.82, 2.24) is 10.2 Å². The van der Waals surface area contributed by atoms with E-state index in [2.05, 4.69) is 10.2 Å². The zero-order chi connectivity index (χ0) is 15.7. The second-order valence-electron chi connectivity index (χ2n) is 4.58. The quantitative estimate of drug-likeness (QED) is 0.691. The molecule has 1 atom stereocenters. The number of esters is 1. The topological polar surface area (TPSA) is 89.4 Å². The van der Waals surface area contributed by atoms with Gasteiger partial charge in [0.05, 0.1) is 18.9 Å². The van der Waals surface area contributed by atoms with Crippen molar-refractivity contribution < 1.29 is 19.4 Å². The van der Waals surface area contributed by atoms with Gasteiger partial charge < -0.3 is 9.84 Å². The number of fused-ring (bicyclic) bond motifs is 1. The Morgan fingerprint density at radius 1 is 1.38 bits per heavy atom. The van der Waals surface area contributed by atoms with Crippen LogP contribution >= 0.6 is 11.6 Å². The summed E-state index contributed by atoms with van der Waals surface area (Å²) in [5.74, 6) is -1.71. The fraction of sp³-hybridized carbons (Fsp3) is 0.286. The number of hydrogen-bond acceptors (Lipinski definition) is 5. The fourth-order valence-corrected chi connectivity index (χ4v) is 2.52. The first kappa shape index (κ1) is 15.2. The lowest BCUT2D eigenvalue weighted by atomic mass is 9.95. The number of benzene rings is 1. The number of hydrogen-bond donors (Lipinski definition) is 1. The summed E-state index contributed by atoms with van der Waals surface area (Å²) in [6, 6.07) is 1.73. The SMILES string of the molecule is COC(=O)c1c(C)cc2cnnc(C(Cl)C(=O)O)c2c1C. The van der Waals surface area contributed by atoms with E-state index in [1.165, 1.54) is 13.3 Å². The third-order valence-electron chi connectivity index (χ3n) is 3.27. The van der Waals surface area contributed by atoms with Crippen LogP contribution in [0.5, 0.6) is 0 Å². The van der Waals surface area contributed by atoms with Crippen molar-refractivity contribution in [2.45, 2.75) is 19.2 Å². The molecule has 2 rings (SSSR count). The first-order valence-corrected chi connectivity index (χ1v) is 6.52. The van der Waals surface area contributed by atoms with E-state index in [4.69, 9.17) is 21.4 Å². The number of rotatable bonds is 3. The molecule has 1 N–H and O–H groups in total. The summed E-state index contributed by atoms with van der Waals surface area (Å²) in [7, 11) is 1.29. The van der Waals surface area contributed by atoms with Crippen LogP contribution in [-0.4, -0.2) is 34.4 Å². The van der Waals surface area contributed by atoms with Crippen molar-refractivity contribution in [2.75, 3.05) is 7.11 Å². The first-order valence-electron chi connectivity index (χ1n) is 6.09. The van der Waals surface area contributed by atoms with E-state index in [-0.39, 0.29) is 5.69 Å². The molecule has 0 aliphatic carbocycles. The molecular weight excluding hydrogens is 296 g/mol. The summed E-state index contributed by atoms with van der Waals surface area (Å²) < 4.78 is 4.77. The molecule has 0 fully saturated rings. The number of aryl methyl sites for hydroxylation is 2. The first-order chi connectivity index (χ1) is 9.88. The number of ether oxygens (including phenoxy) is 1. The number of carboxylic acid groups (broad SMARTS) is 1. The molecule has 0 aliphatic rings. The zero-order valence-corrected chi connectivity index (χ0v) is 12.4. The Bertz CT molecular complexity index is 745. The van der Waals surface area contributed by atoms with Gasteiger partial charge in [0.1, 0.15) is 5.69 Å². The molecule has 0 bridgehead atoms. The van der Waals surface area contributed by atoms with Crippen LogP contribution in [0.3, 0.4) is 0 Å². The van der Waals surface area contributed by atoms with E-state index in [0.717, 1.165) is 0 Å². The van der Waals surface area contributed by atoms with Crippen LogP contribution in [0.2, 0.25) is 0 Å². The monoisotopic (exact) mass is 308 g/mol. The Balaban J connectivity index is 2.86. The highest BCUT2D eigenvalue weighted by Crippen LogP contribution is 2.32. The van der Waals surface area contributed by atoms with Crippen LogP contribution in [0.15, 0.2) is 12.3 Å². The van der Waals surface area contributed by atoms with Crippen LogP contribution < -0.4 is 0 Å². The number of carbonyl (C=O) groups excluding carboxylic acids is 1. The second kappa shape index (κ2) is 5.65. The molecule has 0 aliphatic heterocycles. The van der Waals surface area contributed by atoms with E-state index >= 15 is 0 Å². The minimum Gasteiger partial charge on any atom is -0.480 e. The number of aliphatic carboxylic acids is 1. The maximum atomic E-state index is 11.9. The van der Waals surface area contributed by atoms with Gasteiger partial charge in [0.25, 0.3) is 0 Å². The Labute approximate surface area is 125 Å². The standard InChI is InChI=1S/C14H13ClN2O4/c1-6-4-8-5-16-17-12(11(15)13(18)19)10(8)7(2)9(6)14(20)21-3/h4-5,11H,1-3H3,(H,18,19). The van der Waals surface area contributed by atoms with Crippen molar-refractivity contribution in [3.05, 3.63) is 34.6 Å². The predicted octanol–water partition coefficient (Wildman–Crippen LogP) is 2.40. The number of halogens is 1. The van der Waals surface area contributed by atoms with E-state index in [9.17, 15) is 9.59 Å². The maximum Gasteiger partial charge on any atom is 0.338 e. The molecule has 110 valence electrons. The molecule has 2 aromatic rings. The van der Waals surface area contributed by atoms with Gasteiger partial charge in [0, 0.05) is 10.8 Å². The maximum absolute atomic E-state index is 11.9. The van der Waals surface area contributed by atoms with Crippen LogP contribution in [0.25, 0.3) is 10.8 Å². The minimum atomic E-state index is -1.34. The smallest absolute Gasteiger partial charge is 0.338 e. The number of nitrogens with zero attached hydrogens (tertiary/aromatic N) is 2.